The van der Waals surface area contributed by atoms with Crippen LogP contribution in [-0.4, -0.2) is 16.6 Å². The second-order valence-electron chi connectivity index (χ2n) is 6.09. The second-order valence-corrected chi connectivity index (χ2v) is 6.09. The fourth-order valence-corrected chi connectivity index (χ4v) is 2.65. The van der Waals surface area contributed by atoms with Crippen LogP contribution in [0.3, 0.4) is 0 Å². The van der Waals surface area contributed by atoms with Crippen LogP contribution in [0.25, 0.3) is 0 Å². The zero-order chi connectivity index (χ0) is 14.9. The maximum Gasteiger partial charge on any atom is 1.00 e. The van der Waals surface area contributed by atoms with Gasteiger partial charge in [-0.3, -0.25) is 4.79 Å². The van der Waals surface area contributed by atoms with Gasteiger partial charge >= 0.3 is 24.8 Å². The third kappa shape index (κ3) is 25.0. The number of hydrogen-bond donors (Lipinski definition) is 1. The molecule has 0 atom stereocenters. The molecule has 0 aliphatic rings. The third-order valence-electron chi connectivity index (χ3n) is 3.99. The molecular formula is C18H37LiO3. The van der Waals surface area contributed by atoms with E-state index in [1.54, 1.807) is 0 Å². The zero-order valence-corrected chi connectivity index (χ0v) is 15.1. The van der Waals surface area contributed by atoms with E-state index in [0.29, 0.717) is 6.42 Å². The molecule has 0 heterocycles. The van der Waals surface area contributed by atoms with Crippen LogP contribution in [0.5, 0.6) is 0 Å². The summed E-state index contributed by atoms with van der Waals surface area (Å²) >= 11 is 0. The first-order valence-electron chi connectivity index (χ1n) is 8.99. The van der Waals surface area contributed by atoms with E-state index in [2.05, 4.69) is 6.92 Å². The van der Waals surface area contributed by atoms with Crippen LogP contribution in [0.15, 0.2) is 0 Å². The SMILES string of the molecule is CCCCCCCCCCCCCCCCCC(=O)O.[Li+].[OH-]. The average molecular weight is 308 g/mol. The monoisotopic (exact) mass is 308 g/mol. The van der Waals surface area contributed by atoms with Crippen molar-refractivity contribution in [3.63, 3.8) is 0 Å². The topological polar surface area (TPSA) is 67.3 Å². The van der Waals surface area contributed by atoms with E-state index in [1.165, 1.54) is 83.5 Å². The van der Waals surface area contributed by atoms with Crippen molar-refractivity contribution in [2.75, 3.05) is 0 Å². The van der Waals surface area contributed by atoms with E-state index in [1.807, 2.05) is 0 Å². The summed E-state index contributed by atoms with van der Waals surface area (Å²) in [5.74, 6) is -0.653. The largest absolute Gasteiger partial charge is 1.00 e. The minimum absolute atomic E-state index is 0. The van der Waals surface area contributed by atoms with Crippen LogP contribution >= 0.6 is 0 Å². The maximum atomic E-state index is 10.3. The molecule has 4 heteroatoms. The molecule has 0 aromatic carbocycles. The van der Waals surface area contributed by atoms with Gasteiger partial charge in [0.1, 0.15) is 0 Å². The van der Waals surface area contributed by atoms with Gasteiger partial charge in [-0.2, -0.15) is 0 Å². The fraction of sp³-hybridized carbons (Fsp3) is 0.944. The maximum absolute atomic E-state index is 10.3. The molecule has 0 aliphatic heterocycles. The van der Waals surface area contributed by atoms with Crippen molar-refractivity contribution in [3.05, 3.63) is 0 Å². The molecular weight excluding hydrogens is 271 g/mol. The Bertz CT molecular complexity index is 211. The minimum Gasteiger partial charge on any atom is -0.870 e. The Hall–Kier alpha value is 0.0274. The van der Waals surface area contributed by atoms with Gasteiger partial charge in [0.15, 0.2) is 0 Å². The van der Waals surface area contributed by atoms with Crippen molar-refractivity contribution >= 4 is 5.97 Å². The van der Waals surface area contributed by atoms with Gasteiger partial charge in [-0.05, 0) is 6.42 Å². The predicted molar refractivity (Wildman–Crippen MR) is 89.1 cm³/mol. The minimum atomic E-state index is -0.653. The normalized spacial score (nSPS) is 9.86. The fourth-order valence-electron chi connectivity index (χ4n) is 2.65. The average Bonchev–Trinajstić information content (AvgIpc) is 2.43. The molecule has 0 aromatic heterocycles. The van der Waals surface area contributed by atoms with Gasteiger partial charge in [0.25, 0.3) is 0 Å². The van der Waals surface area contributed by atoms with Gasteiger partial charge in [-0.25, -0.2) is 0 Å². The van der Waals surface area contributed by atoms with Gasteiger partial charge < -0.3 is 10.6 Å². The first-order chi connectivity index (χ1) is 9.77. The zero-order valence-electron chi connectivity index (χ0n) is 15.1. The predicted octanol–water partition coefficient (Wildman–Crippen LogP) is 3.16. The Morgan fingerprint density at radius 2 is 0.909 bits per heavy atom. The van der Waals surface area contributed by atoms with Gasteiger partial charge in [0.2, 0.25) is 0 Å². The number of hydrogen-bond acceptors (Lipinski definition) is 2. The molecule has 0 unspecified atom stereocenters. The summed E-state index contributed by atoms with van der Waals surface area (Å²) in [4.78, 5) is 10.3. The molecule has 0 saturated heterocycles. The molecule has 22 heavy (non-hydrogen) atoms. The summed E-state index contributed by atoms with van der Waals surface area (Å²) in [6.07, 6.45) is 20.2. The van der Waals surface area contributed by atoms with Crippen molar-refractivity contribution in [1.29, 1.82) is 0 Å². The molecule has 0 aliphatic carbocycles. The van der Waals surface area contributed by atoms with E-state index in [4.69, 9.17) is 5.11 Å². The first kappa shape index (κ1) is 26.9. The molecule has 0 spiro atoms. The van der Waals surface area contributed by atoms with Crippen molar-refractivity contribution in [2.45, 2.75) is 110 Å². The van der Waals surface area contributed by atoms with Crippen LogP contribution in [0, 0.1) is 0 Å². The molecule has 0 saturated carbocycles. The Morgan fingerprint density at radius 1 is 0.636 bits per heavy atom. The Balaban J connectivity index is -0.00000180. The molecule has 0 radical (unpaired) electrons. The van der Waals surface area contributed by atoms with E-state index < -0.39 is 5.97 Å². The van der Waals surface area contributed by atoms with Crippen LogP contribution in [0.4, 0.5) is 0 Å². The summed E-state index contributed by atoms with van der Waals surface area (Å²) in [7, 11) is 0. The van der Waals surface area contributed by atoms with Crippen LogP contribution in [0.2, 0.25) is 0 Å². The second kappa shape index (κ2) is 23.3. The molecule has 0 aromatic rings. The summed E-state index contributed by atoms with van der Waals surface area (Å²) in [5.41, 5.74) is 0. The van der Waals surface area contributed by atoms with E-state index in [0.717, 1.165) is 12.8 Å². The Labute approximate surface area is 150 Å². The van der Waals surface area contributed by atoms with Gasteiger partial charge in [0.05, 0.1) is 0 Å². The summed E-state index contributed by atoms with van der Waals surface area (Å²) < 4.78 is 0. The van der Waals surface area contributed by atoms with Gasteiger partial charge in [0, 0.05) is 6.42 Å². The molecule has 128 valence electrons. The number of carboxylic acids is 1. The van der Waals surface area contributed by atoms with E-state index in [-0.39, 0.29) is 24.3 Å². The Kier molecular flexibility index (Phi) is 28.5. The summed E-state index contributed by atoms with van der Waals surface area (Å²) in [6, 6.07) is 0. The van der Waals surface area contributed by atoms with Crippen LogP contribution in [0.1, 0.15) is 110 Å². The van der Waals surface area contributed by atoms with Crippen molar-refractivity contribution in [1.82, 2.24) is 0 Å². The molecule has 0 fully saturated rings. The molecule has 0 amide bonds. The molecule has 3 nitrogen and oxygen atoms in total. The van der Waals surface area contributed by atoms with Crippen molar-refractivity contribution < 1.29 is 34.2 Å². The Morgan fingerprint density at radius 3 is 1.18 bits per heavy atom. The van der Waals surface area contributed by atoms with Gasteiger partial charge in [-0.1, -0.05) is 96.8 Å². The van der Waals surface area contributed by atoms with E-state index in [9.17, 15) is 4.79 Å². The number of carbonyl (C=O) groups is 1. The quantitative estimate of drug-likeness (QED) is 0.352. The molecule has 2 N–H and O–H groups in total. The summed E-state index contributed by atoms with van der Waals surface area (Å²) in [5, 5.41) is 8.52. The standard InChI is InChI=1S/C18H36O2.Li.H2O/c1-2-3-4-5-6-7-8-9-10-11-12-13-14-15-16-17-18(19)20;;/h2-17H2,1H3,(H,19,20);;1H2/q;+1;/p-1. The number of rotatable bonds is 16. The van der Waals surface area contributed by atoms with Crippen LogP contribution < -0.4 is 18.9 Å². The van der Waals surface area contributed by atoms with Crippen molar-refractivity contribution in [3.8, 4) is 0 Å². The molecule has 0 bridgehead atoms. The molecule has 0 rings (SSSR count). The van der Waals surface area contributed by atoms with Gasteiger partial charge in [-0.15, -0.1) is 0 Å². The first-order valence-corrected chi connectivity index (χ1v) is 8.99. The number of unbranched alkanes of at least 4 members (excludes halogenated alkanes) is 14. The summed E-state index contributed by atoms with van der Waals surface area (Å²) in [6.45, 7) is 2.27. The van der Waals surface area contributed by atoms with Crippen molar-refractivity contribution in [2.24, 2.45) is 0 Å². The smallest absolute Gasteiger partial charge is 0.870 e. The number of aliphatic carboxylic acids is 1. The number of carboxylic acid groups (broad SMARTS) is 1. The van der Waals surface area contributed by atoms with Crippen LogP contribution in [-0.2, 0) is 4.79 Å². The third-order valence-corrected chi connectivity index (χ3v) is 3.99. The van der Waals surface area contributed by atoms with E-state index >= 15 is 0 Å².